The van der Waals surface area contributed by atoms with Crippen molar-refractivity contribution in [2.24, 2.45) is 5.10 Å². The molecule has 1 aliphatic rings. The van der Waals surface area contributed by atoms with Gasteiger partial charge in [0.1, 0.15) is 11.4 Å². The lowest BCUT2D eigenvalue weighted by Crippen LogP contribution is -2.40. The summed E-state index contributed by atoms with van der Waals surface area (Å²) in [5.74, 6) is 0.00991. The van der Waals surface area contributed by atoms with Crippen LogP contribution < -0.4 is 5.43 Å². The molecule has 2 N–H and O–H groups in total. The monoisotopic (exact) mass is 456 g/mol. The van der Waals surface area contributed by atoms with Crippen molar-refractivity contribution in [3.05, 3.63) is 70.3 Å². The van der Waals surface area contributed by atoms with E-state index in [0.717, 1.165) is 16.8 Å². The molecule has 0 aromatic heterocycles. The zero-order valence-corrected chi connectivity index (χ0v) is 17.7. The molecular formula is C21H20N4O6S. The molecule has 4 rings (SSSR count). The van der Waals surface area contributed by atoms with Crippen molar-refractivity contribution in [2.75, 3.05) is 31.7 Å². The maximum absolute atomic E-state index is 12.8. The average Bonchev–Trinajstić information content (AvgIpc) is 2.81. The molecule has 1 aliphatic heterocycles. The zero-order valence-electron chi connectivity index (χ0n) is 16.8. The number of nitro benzene ring substituents is 1. The summed E-state index contributed by atoms with van der Waals surface area (Å²) >= 11 is 0. The molecule has 0 bridgehead atoms. The van der Waals surface area contributed by atoms with Crippen LogP contribution in [0.1, 0.15) is 5.56 Å². The van der Waals surface area contributed by atoms with E-state index in [9.17, 15) is 23.6 Å². The Labute approximate surface area is 183 Å². The Hall–Kier alpha value is -3.54. The van der Waals surface area contributed by atoms with Gasteiger partial charge in [-0.2, -0.15) is 9.41 Å². The number of nitrogens with one attached hydrogen (secondary N) is 1. The Morgan fingerprint density at radius 1 is 1.12 bits per heavy atom. The first-order valence-corrected chi connectivity index (χ1v) is 11.2. The molecule has 0 atom stereocenters. The van der Waals surface area contributed by atoms with Crippen molar-refractivity contribution in [3.8, 4) is 5.75 Å². The van der Waals surface area contributed by atoms with Gasteiger partial charge in [0.2, 0.25) is 10.0 Å². The molecule has 0 saturated carbocycles. The predicted octanol–water partition coefficient (Wildman–Crippen LogP) is 2.92. The first-order chi connectivity index (χ1) is 15.4. The molecule has 32 heavy (non-hydrogen) atoms. The maximum Gasteiger partial charge on any atom is 0.295 e. The van der Waals surface area contributed by atoms with Crippen molar-refractivity contribution < 1.29 is 23.2 Å². The highest BCUT2D eigenvalue weighted by molar-refractivity contribution is 7.89. The number of sulfonamides is 1. The highest BCUT2D eigenvalue weighted by Gasteiger charge is 2.28. The van der Waals surface area contributed by atoms with Gasteiger partial charge in [-0.1, -0.05) is 30.3 Å². The summed E-state index contributed by atoms with van der Waals surface area (Å²) in [6.07, 6.45) is 1.36. The predicted molar refractivity (Wildman–Crippen MR) is 120 cm³/mol. The number of morpholine rings is 1. The van der Waals surface area contributed by atoms with Gasteiger partial charge in [-0.15, -0.1) is 0 Å². The number of phenolic OH excluding ortho intramolecular Hbond substituents is 1. The molecule has 11 heteroatoms. The van der Waals surface area contributed by atoms with Gasteiger partial charge in [-0.05, 0) is 29.0 Å². The number of nitrogens with zero attached hydrogens (tertiary/aromatic N) is 3. The zero-order chi connectivity index (χ0) is 22.7. The summed E-state index contributed by atoms with van der Waals surface area (Å²) < 4.78 is 32.0. The van der Waals surface area contributed by atoms with Gasteiger partial charge in [-0.3, -0.25) is 15.5 Å². The van der Waals surface area contributed by atoms with E-state index in [1.54, 1.807) is 6.07 Å². The number of hydrogen-bond acceptors (Lipinski definition) is 8. The van der Waals surface area contributed by atoms with E-state index in [0.29, 0.717) is 5.56 Å². The van der Waals surface area contributed by atoms with Crippen LogP contribution in [0.15, 0.2) is 64.6 Å². The first kappa shape index (κ1) is 21.7. The molecule has 0 unspecified atom stereocenters. The molecule has 0 radical (unpaired) electrons. The number of phenols is 1. The summed E-state index contributed by atoms with van der Waals surface area (Å²) in [7, 11) is -3.88. The number of nitro groups is 1. The number of benzene rings is 3. The first-order valence-electron chi connectivity index (χ1n) is 9.74. The molecule has 1 fully saturated rings. The molecule has 166 valence electrons. The average molecular weight is 456 g/mol. The molecular weight excluding hydrogens is 436 g/mol. The number of hydrogen-bond donors (Lipinski definition) is 2. The molecule has 1 heterocycles. The van der Waals surface area contributed by atoms with Crippen molar-refractivity contribution in [1.29, 1.82) is 0 Å². The molecule has 1 saturated heterocycles. The third kappa shape index (κ3) is 4.26. The summed E-state index contributed by atoms with van der Waals surface area (Å²) in [5.41, 5.74) is 2.62. The summed E-state index contributed by atoms with van der Waals surface area (Å²) in [4.78, 5) is 10.7. The van der Waals surface area contributed by atoms with Gasteiger partial charge in [0.05, 0.1) is 29.2 Å². The number of hydrazone groups is 1. The van der Waals surface area contributed by atoms with Gasteiger partial charge in [-0.25, -0.2) is 8.42 Å². The minimum atomic E-state index is -3.88. The standard InChI is InChI=1S/C21H20N4O6S/c26-21-8-5-15-3-1-2-4-17(15)18(21)14-22-23-19-7-6-16(13-20(19)25(27)28)32(29,30)24-9-11-31-12-10-24/h1-8,13-14,23,26H,9-12H2. The van der Waals surface area contributed by atoms with E-state index in [-0.39, 0.29) is 42.6 Å². The third-order valence-corrected chi connectivity index (χ3v) is 6.99. The van der Waals surface area contributed by atoms with Crippen molar-refractivity contribution in [1.82, 2.24) is 4.31 Å². The van der Waals surface area contributed by atoms with Gasteiger partial charge < -0.3 is 9.84 Å². The lowest BCUT2D eigenvalue weighted by Gasteiger charge is -2.26. The van der Waals surface area contributed by atoms with E-state index < -0.39 is 20.6 Å². The van der Waals surface area contributed by atoms with E-state index >= 15 is 0 Å². The van der Waals surface area contributed by atoms with Crippen LogP contribution in [-0.2, 0) is 14.8 Å². The van der Waals surface area contributed by atoms with Crippen LogP contribution in [0.2, 0.25) is 0 Å². The summed E-state index contributed by atoms with van der Waals surface area (Å²) in [5, 5.41) is 27.5. The van der Waals surface area contributed by atoms with E-state index in [1.165, 1.54) is 28.7 Å². The number of aromatic hydroxyl groups is 1. The van der Waals surface area contributed by atoms with Crippen LogP contribution in [0.3, 0.4) is 0 Å². The number of rotatable bonds is 6. The number of fused-ring (bicyclic) bond motifs is 1. The Bertz CT molecular complexity index is 1300. The van der Waals surface area contributed by atoms with Gasteiger partial charge in [0.15, 0.2) is 0 Å². The lowest BCUT2D eigenvalue weighted by atomic mass is 10.0. The topological polar surface area (TPSA) is 134 Å². The molecule has 3 aromatic carbocycles. The second kappa shape index (κ2) is 8.91. The van der Waals surface area contributed by atoms with E-state index in [4.69, 9.17) is 4.74 Å². The van der Waals surface area contributed by atoms with Crippen molar-refractivity contribution in [3.63, 3.8) is 0 Å². The SMILES string of the molecule is O=[N+]([O-])c1cc(S(=O)(=O)N2CCOCC2)ccc1NN=Cc1c(O)ccc2ccccc12. The second-order valence-electron chi connectivity index (χ2n) is 7.04. The Morgan fingerprint density at radius 2 is 1.88 bits per heavy atom. The van der Waals surface area contributed by atoms with Crippen molar-refractivity contribution >= 4 is 38.4 Å². The Kier molecular flexibility index (Phi) is 6.04. The molecule has 0 aliphatic carbocycles. The van der Waals surface area contributed by atoms with Crippen LogP contribution in [0.4, 0.5) is 11.4 Å². The minimum Gasteiger partial charge on any atom is -0.507 e. The molecule has 10 nitrogen and oxygen atoms in total. The molecule has 3 aromatic rings. The smallest absolute Gasteiger partial charge is 0.295 e. The van der Waals surface area contributed by atoms with Crippen LogP contribution in [0.5, 0.6) is 5.75 Å². The van der Waals surface area contributed by atoms with Crippen LogP contribution >= 0.6 is 0 Å². The molecule has 0 spiro atoms. The van der Waals surface area contributed by atoms with Crippen LogP contribution in [-0.4, -0.2) is 55.3 Å². The second-order valence-corrected chi connectivity index (χ2v) is 8.98. The Morgan fingerprint density at radius 3 is 2.62 bits per heavy atom. The fourth-order valence-corrected chi connectivity index (χ4v) is 4.87. The van der Waals surface area contributed by atoms with E-state index in [1.807, 2.05) is 24.3 Å². The Balaban J connectivity index is 1.62. The van der Waals surface area contributed by atoms with Crippen LogP contribution in [0.25, 0.3) is 10.8 Å². The van der Waals surface area contributed by atoms with Gasteiger partial charge in [0.25, 0.3) is 5.69 Å². The largest absolute Gasteiger partial charge is 0.507 e. The van der Waals surface area contributed by atoms with E-state index in [2.05, 4.69) is 10.5 Å². The third-order valence-electron chi connectivity index (χ3n) is 5.10. The quantitative estimate of drug-likeness (QED) is 0.331. The number of anilines is 1. The number of ether oxygens (including phenoxy) is 1. The minimum absolute atomic E-state index is 0.00991. The summed E-state index contributed by atoms with van der Waals surface area (Å²) in [6.45, 7) is 0.928. The highest BCUT2D eigenvalue weighted by Crippen LogP contribution is 2.30. The maximum atomic E-state index is 12.8. The fourth-order valence-electron chi connectivity index (χ4n) is 3.44. The molecule has 0 amide bonds. The highest BCUT2D eigenvalue weighted by atomic mass is 32.2. The van der Waals surface area contributed by atoms with Crippen molar-refractivity contribution in [2.45, 2.75) is 4.90 Å². The lowest BCUT2D eigenvalue weighted by molar-refractivity contribution is -0.384. The van der Waals surface area contributed by atoms with Gasteiger partial charge >= 0.3 is 0 Å². The summed E-state index contributed by atoms with van der Waals surface area (Å²) in [6, 6.07) is 14.3. The normalized spacial score (nSPS) is 15.2. The van der Waals surface area contributed by atoms with Crippen LogP contribution in [0, 0.1) is 10.1 Å². The van der Waals surface area contributed by atoms with Gasteiger partial charge in [0, 0.05) is 24.7 Å². The fraction of sp³-hybridized carbons (Fsp3) is 0.190.